The van der Waals surface area contributed by atoms with Crippen molar-refractivity contribution in [2.45, 2.75) is 316 Å². The Kier molecular flexibility index (Phi) is 59.3. The van der Waals surface area contributed by atoms with Crippen LogP contribution in [0.2, 0.25) is 0 Å². The van der Waals surface area contributed by atoms with Crippen LogP contribution in [0.15, 0.2) is 85.1 Å². The van der Waals surface area contributed by atoms with Crippen molar-refractivity contribution in [3.8, 4) is 0 Å². The molecule has 1 atom stereocenters. The molecule has 426 valence electrons. The third-order valence-electron chi connectivity index (χ3n) is 13.6. The molecule has 0 aliphatic rings. The first-order chi connectivity index (χ1) is 36.5. The van der Waals surface area contributed by atoms with Gasteiger partial charge in [0.05, 0.1) is 0 Å². The molecule has 0 spiro atoms. The van der Waals surface area contributed by atoms with E-state index in [4.69, 9.17) is 14.2 Å². The zero-order valence-corrected chi connectivity index (χ0v) is 48.8. The van der Waals surface area contributed by atoms with Crippen molar-refractivity contribution in [1.29, 1.82) is 0 Å². The predicted molar refractivity (Wildman–Crippen MR) is 321 cm³/mol. The van der Waals surface area contributed by atoms with Crippen LogP contribution in [-0.2, 0) is 28.6 Å². The van der Waals surface area contributed by atoms with E-state index in [1.165, 1.54) is 167 Å². The van der Waals surface area contributed by atoms with Gasteiger partial charge in [0.25, 0.3) is 0 Å². The number of rotatable bonds is 57. The number of esters is 3. The smallest absolute Gasteiger partial charge is 0.306 e. The van der Waals surface area contributed by atoms with Crippen molar-refractivity contribution in [2.75, 3.05) is 13.2 Å². The first-order valence-electron chi connectivity index (χ1n) is 31.6. The Morgan fingerprint density at radius 3 is 0.851 bits per heavy atom. The summed E-state index contributed by atoms with van der Waals surface area (Å²) in [6.45, 7) is 6.51. The maximum Gasteiger partial charge on any atom is 0.306 e. The molecule has 0 amide bonds. The molecule has 6 heteroatoms. The molecule has 0 fully saturated rings. The van der Waals surface area contributed by atoms with Crippen molar-refractivity contribution < 1.29 is 28.6 Å². The highest BCUT2D eigenvalue weighted by Crippen LogP contribution is 2.16. The van der Waals surface area contributed by atoms with Gasteiger partial charge in [-0.2, -0.15) is 0 Å². The third-order valence-corrected chi connectivity index (χ3v) is 13.6. The number of unbranched alkanes of at least 4 members (excludes halogenated alkanes) is 32. The van der Waals surface area contributed by atoms with Crippen molar-refractivity contribution >= 4 is 17.9 Å². The summed E-state index contributed by atoms with van der Waals surface area (Å²) in [5, 5.41) is 0. The monoisotopic (exact) mass is 1030 g/mol. The van der Waals surface area contributed by atoms with E-state index in [2.05, 4.69) is 106 Å². The maximum atomic E-state index is 12.9. The normalized spacial score (nSPS) is 12.6. The van der Waals surface area contributed by atoms with Gasteiger partial charge in [-0.15, -0.1) is 0 Å². The van der Waals surface area contributed by atoms with Crippen LogP contribution in [0.4, 0.5) is 0 Å². The highest BCUT2D eigenvalue weighted by atomic mass is 16.6. The standard InChI is InChI=1S/C68H118O6/c1-4-7-10-13-16-19-22-25-28-30-32-33-34-35-37-38-40-43-46-49-52-55-58-61-67(70)73-64-65(63-72-66(69)60-57-54-51-48-45-42-27-24-21-18-15-12-9-6-3)74-68(71)62-59-56-53-50-47-44-41-39-36-31-29-26-23-20-17-14-11-8-5-2/h8,11,17,20,24,26-27,29-30,32,36,39,44,47,65H,4-7,9-10,12-16,18-19,21-23,25,28,31,33-35,37-38,40-43,45-46,48-64H2,1-3H3/b11-8-,20-17-,27-24-,29-26-,32-30-,39-36-,47-44-. The summed E-state index contributed by atoms with van der Waals surface area (Å²) in [6, 6.07) is 0. The summed E-state index contributed by atoms with van der Waals surface area (Å²) in [6.07, 6.45) is 81.6. The van der Waals surface area contributed by atoms with Crippen LogP contribution >= 0.6 is 0 Å². The van der Waals surface area contributed by atoms with Gasteiger partial charge in [0, 0.05) is 19.3 Å². The predicted octanol–water partition coefficient (Wildman–Crippen LogP) is 21.5. The van der Waals surface area contributed by atoms with Gasteiger partial charge in [-0.1, -0.05) is 260 Å². The Bertz CT molecular complexity index is 1420. The minimum absolute atomic E-state index is 0.0920. The number of carbonyl (C=O) groups is 3. The molecule has 74 heavy (non-hydrogen) atoms. The summed E-state index contributed by atoms with van der Waals surface area (Å²) in [5.74, 6) is -0.924. The number of carbonyl (C=O) groups excluding carboxylic acids is 3. The molecule has 0 heterocycles. The Morgan fingerprint density at radius 2 is 0.527 bits per heavy atom. The van der Waals surface area contributed by atoms with E-state index < -0.39 is 6.10 Å². The van der Waals surface area contributed by atoms with E-state index >= 15 is 0 Å². The maximum absolute atomic E-state index is 12.9. The Balaban J connectivity index is 4.39. The largest absolute Gasteiger partial charge is 0.462 e. The average Bonchev–Trinajstić information content (AvgIpc) is 3.40. The Hall–Kier alpha value is -3.41. The lowest BCUT2D eigenvalue weighted by Gasteiger charge is -2.18. The van der Waals surface area contributed by atoms with Gasteiger partial charge in [0.1, 0.15) is 13.2 Å². The molecular weight excluding hydrogens is 913 g/mol. The van der Waals surface area contributed by atoms with Crippen LogP contribution in [0.3, 0.4) is 0 Å². The Morgan fingerprint density at radius 1 is 0.284 bits per heavy atom. The molecule has 0 bridgehead atoms. The number of ether oxygens (including phenoxy) is 3. The van der Waals surface area contributed by atoms with Crippen LogP contribution in [0.25, 0.3) is 0 Å². The summed E-state index contributed by atoms with van der Waals surface area (Å²) in [4.78, 5) is 38.3. The molecule has 0 saturated heterocycles. The van der Waals surface area contributed by atoms with Crippen LogP contribution in [0, 0.1) is 0 Å². The lowest BCUT2D eigenvalue weighted by molar-refractivity contribution is -0.167. The lowest BCUT2D eigenvalue weighted by atomic mass is 10.0. The summed E-state index contributed by atoms with van der Waals surface area (Å²) < 4.78 is 16.9. The molecular formula is C68H118O6. The third kappa shape index (κ3) is 59.5. The van der Waals surface area contributed by atoms with E-state index in [1.54, 1.807) is 0 Å². The molecule has 0 aromatic rings. The fraction of sp³-hybridized carbons (Fsp3) is 0.750. The van der Waals surface area contributed by atoms with E-state index in [0.717, 1.165) is 103 Å². The molecule has 0 aliphatic heterocycles. The van der Waals surface area contributed by atoms with Gasteiger partial charge >= 0.3 is 17.9 Å². The van der Waals surface area contributed by atoms with Crippen molar-refractivity contribution in [1.82, 2.24) is 0 Å². The highest BCUT2D eigenvalue weighted by Gasteiger charge is 2.19. The van der Waals surface area contributed by atoms with Crippen LogP contribution in [0.1, 0.15) is 310 Å². The second-order valence-electron chi connectivity index (χ2n) is 20.9. The average molecular weight is 1030 g/mol. The van der Waals surface area contributed by atoms with E-state index in [0.29, 0.717) is 12.8 Å². The molecule has 0 aromatic carbocycles. The van der Waals surface area contributed by atoms with Gasteiger partial charge in [-0.25, -0.2) is 0 Å². The van der Waals surface area contributed by atoms with Crippen LogP contribution < -0.4 is 0 Å². The van der Waals surface area contributed by atoms with Crippen molar-refractivity contribution in [3.63, 3.8) is 0 Å². The fourth-order valence-electron chi connectivity index (χ4n) is 8.87. The number of hydrogen-bond acceptors (Lipinski definition) is 6. The summed E-state index contributed by atoms with van der Waals surface area (Å²) >= 11 is 0. The zero-order valence-electron chi connectivity index (χ0n) is 48.8. The molecule has 0 N–H and O–H groups in total. The van der Waals surface area contributed by atoms with Crippen LogP contribution in [-0.4, -0.2) is 37.2 Å². The van der Waals surface area contributed by atoms with Crippen molar-refractivity contribution in [2.24, 2.45) is 0 Å². The molecule has 0 radical (unpaired) electrons. The lowest BCUT2D eigenvalue weighted by Crippen LogP contribution is -2.30. The fourth-order valence-corrected chi connectivity index (χ4v) is 8.87. The molecule has 1 unspecified atom stereocenters. The minimum Gasteiger partial charge on any atom is -0.462 e. The molecule has 0 rings (SSSR count). The summed E-state index contributed by atoms with van der Waals surface area (Å²) in [5.41, 5.74) is 0. The van der Waals surface area contributed by atoms with Gasteiger partial charge in [-0.3, -0.25) is 14.4 Å². The second kappa shape index (κ2) is 62.1. The SMILES string of the molecule is CC/C=C\C/C=C\C/C=C\C/C=C\C/C=C\CCCCCC(=O)OC(COC(=O)CCCCCCC/C=C\CCCCCCC)COC(=O)CCCCCCCCCCCCC/C=C\CCCCCCCCCC. The topological polar surface area (TPSA) is 78.9 Å². The van der Waals surface area contributed by atoms with Crippen molar-refractivity contribution in [3.05, 3.63) is 85.1 Å². The van der Waals surface area contributed by atoms with Gasteiger partial charge in [0.2, 0.25) is 0 Å². The Labute approximate surface area is 458 Å². The highest BCUT2D eigenvalue weighted by molar-refractivity contribution is 5.71. The quantitative estimate of drug-likeness (QED) is 0.0261. The van der Waals surface area contributed by atoms with Gasteiger partial charge in [-0.05, 0) is 116 Å². The molecule has 0 aromatic heterocycles. The van der Waals surface area contributed by atoms with Crippen LogP contribution in [0.5, 0.6) is 0 Å². The number of hydrogen-bond donors (Lipinski definition) is 0. The van der Waals surface area contributed by atoms with E-state index in [-0.39, 0.29) is 37.5 Å². The van der Waals surface area contributed by atoms with E-state index in [9.17, 15) is 14.4 Å². The second-order valence-corrected chi connectivity index (χ2v) is 20.9. The van der Waals surface area contributed by atoms with Gasteiger partial charge in [0.15, 0.2) is 6.10 Å². The molecule has 6 nitrogen and oxygen atoms in total. The summed E-state index contributed by atoms with van der Waals surface area (Å²) in [7, 11) is 0. The number of allylic oxidation sites excluding steroid dienone is 14. The molecule has 0 aliphatic carbocycles. The first kappa shape index (κ1) is 70.6. The zero-order chi connectivity index (χ0) is 53.6. The first-order valence-corrected chi connectivity index (χ1v) is 31.6. The molecule has 0 saturated carbocycles. The van der Waals surface area contributed by atoms with Gasteiger partial charge < -0.3 is 14.2 Å². The van der Waals surface area contributed by atoms with E-state index in [1.807, 2.05) is 0 Å². The minimum atomic E-state index is -0.799.